The smallest absolute Gasteiger partial charge is 0.271 e. The van der Waals surface area contributed by atoms with Crippen LogP contribution >= 0.6 is 0 Å². The Hall–Kier alpha value is -3.93. The predicted octanol–water partition coefficient (Wildman–Crippen LogP) is 4.30. The second kappa shape index (κ2) is 8.83. The fourth-order valence-corrected chi connectivity index (χ4v) is 3.68. The van der Waals surface area contributed by atoms with Gasteiger partial charge in [-0.05, 0) is 48.4 Å². The zero-order valence-corrected chi connectivity index (χ0v) is 17.5. The van der Waals surface area contributed by atoms with E-state index in [9.17, 15) is 9.59 Å². The molecule has 6 heteroatoms. The van der Waals surface area contributed by atoms with Crippen LogP contribution in [0.25, 0.3) is 0 Å². The van der Waals surface area contributed by atoms with Crippen LogP contribution in [0.3, 0.4) is 0 Å². The average molecular weight is 412 g/mol. The highest BCUT2D eigenvalue weighted by atomic mass is 16.2. The topological polar surface area (TPSA) is 73.8 Å². The largest absolute Gasteiger partial charge is 0.355 e. The van der Waals surface area contributed by atoms with Gasteiger partial charge in [-0.15, -0.1) is 0 Å². The molecule has 2 amide bonds. The summed E-state index contributed by atoms with van der Waals surface area (Å²) in [6, 6.07) is 25.1. The lowest BCUT2D eigenvalue weighted by Crippen LogP contribution is -2.23. The maximum atomic E-state index is 13.0. The fraction of sp³-hybridized carbons (Fsp3) is 0.160. The van der Waals surface area contributed by atoms with Crippen molar-refractivity contribution >= 4 is 28.9 Å². The van der Waals surface area contributed by atoms with Gasteiger partial charge in [0.1, 0.15) is 5.71 Å². The average Bonchev–Trinajstić information content (AvgIpc) is 3.27. The molecule has 156 valence electrons. The van der Waals surface area contributed by atoms with Gasteiger partial charge in [-0.25, -0.2) is 0 Å². The molecule has 6 nitrogen and oxygen atoms in total. The van der Waals surface area contributed by atoms with Gasteiger partial charge in [-0.2, -0.15) is 5.10 Å². The van der Waals surface area contributed by atoms with Crippen molar-refractivity contribution in [3.63, 3.8) is 0 Å². The summed E-state index contributed by atoms with van der Waals surface area (Å²) in [5, 5.41) is 12.1. The van der Waals surface area contributed by atoms with Crippen molar-refractivity contribution in [1.29, 1.82) is 0 Å². The summed E-state index contributed by atoms with van der Waals surface area (Å²) < 4.78 is 0. The van der Waals surface area contributed by atoms with E-state index in [4.69, 9.17) is 0 Å². The van der Waals surface area contributed by atoms with Crippen LogP contribution in [-0.4, -0.2) is 24.6 Å². The highest BCUT2D eigenvalue weighted by molar-refractivity contribution is 6.44. The number of hydrazone groups is 1. The lowest BCUT2D eigenvalue weighted by Gasteiger charge is -2.23. The summed E-state index contributed by atoms with van der Waals surface area (Å²) in [6.07, 6.45) is 0.500. The van der Waals surface area contributed by atoms with Crippen LogP contribution < -0.4 is 15.6 Å². The van der Waals surface area contributed by atoms with Gasteiger partial charge in [0, 0.05) is 24.7 Å². The SMILES string of the molecule is CNC(=O)c1ccc(NC(=O)C2=NN(c3ccccc3)C(c3ccccc3)C2)c(C)c1. The van der Waals surface area contributed by atoms with Gasteiger partial charge in [-0.1, -0.05) is 48.5 Å². The zero-order chi connectivity index (χ0) is 21.8. The number of aryl methyl sites for hydroxylation is 1. The highest BCUT2D eigenvalue weighted by Gasteiger charge is 2.32. The van der Waals surface area contributed by atoms with Gasteiger partial charge in [0.2, 0.25) is 0 Å². The second-order valence-electron chi connectivity index (χ2n) is 7.42. The number of carbonyl (C=O) groups is 2. The molecule has 0 saturated carbocycles. The summed E-state index contributed by atoms with van der Waals surface area (Å²) in [6.45, 7) is 1.86. The fourth-order valence-electron chi connectivity index (χ4n) is 3.68. The zero-order valence-electron chi connectivity index (χ0n) is 17.5. The summed E-state index contributed by atoms with van der Waals surface area (Å²) in [5.74, 6) is -0.402. The molecule has 0 bridgehead atoms. The third-order valence-corrected chi connectivity index (χ3v) is 5.34. The number of hydrogen-bond donors (Lipinski definition) is 2. The quantitative estimate of drug-likeness (QED) is 0.656. The number of nitrogens with one attached hydrogen (secondary N) is 2. The van der Waals surface area contributed by atoms with Gasteiger partial charge in [0.05, 0.1) is 11.7 Å². The maximum absolute atomic E-state index is 13.0. The first-order valence-electron chi connectivity index (χ1n) is 10.2. The molecule has 1 aliphatic heterocycles. The Labute approximate surface area is 181 Å². The summed E-state index contributed by atoms with van der Waals surface area (Å²) in [4.78, 5) is 24.9. The Bertz CT molecular complexity index is 1130. The Balaban J connectivity index is 1.59. The normalized spacial score (nSPS) is 15.4. The molecule has 0 saturated heterocycles. The molecule has 0 fully saturated rings. The van der Waals surface area contributed by atoms with E-state index >= 15 is 0 Å². The molecular formula is C25H24N4O2. The Morgan fingerprint density at radius 3 is 2.26 bits per heavy atom. The van der Waals surface area contributed by atoms with Crippen LogP contribution in [0.1, 0.15) is 33.9 Å². The van der Waals surface area contributed by atoms with E-state index in [1.807, 2.05) is 60.5 Å². The molecule has 0 aromatic heterocycles. The van der Waals surface area contributed by atoms with Crippen LogP contribution in [-0.2, 0) is 4.79 Å². The van der Waals surface area contributed by atoms with E-state index in [-0.39, 0.29) is 17.9 Å². The van der Waals surface area contributed by atoms with Crippen LogP contribution in [0, 0.1) is 6.92 Å². The lowest BCUT2D eigenvalue weighted by molar-refractivity contribution is -0.110. The van der Waals surface area contributed by atoms with E-state index in [0.29, 0.717) is 23.4 Å². The van der Waals surface area contributed by atoms with E-state index in [1.54, 1.807) is 25.2 Å². The van der Waals surface area contributed by atoms with Gasteiger partial charge >= 0.3 is 0 Å². The lowest BCUT2D eigenvalue weighted by atomic mass is 10.0. The molecule has 3 aromatic carbocycles. The van der Waals surface area contributed by atoms with Crippen LogP contribution in [0.15, 0.2) is 84.0 Å². The van der Waals surface area contributed by atoms with Crippen molar-refractivity contribution in [3.05, 3.63) is 95.6 Å². The number of carbonyl (C=O) groups excluding carboxylic acids is 2. The van der Waals surface area contributed by atoms with Crippen molar-refractivity contribution in [2.45, 2.75) is 19.4 Å². The van der Waals surface area contributed by atoms with Crippen molar-refractivity contribution in [1.82, 2.24) is 5.32 Å². The third kappa shape index (κ3) is 4.33. The molecule has 1 unspecified atom stereocenters. The standard InChI is InChI=1S/C25H24N4O2/c1-17-15-19(24(30)26-2)13-14-21(17)27-25(31)22-16-23(18-9-5-3-6-10-18)29(28-22)20-11-7-4-8-12-20/h3-15,23H,16H2,1-2H3,(H,26,30)(H,27,31). The van der Waals surface area contributed by atoms with Gasteiger partial charge in [-0.3, -0.25) is 14.6 Å². The van der Waals surface area contributed by atoms with E-state index in [0.717, 1.165) is 16.8 Å². The van der Waals surface area contributed by atoms with Crippen LogP contribution in [0.4, 0.5) is 11.4 Å². The summed E-state index contributed by atoms with van der Waals surface area (Å²) >= 11 is 0. The van der Waals surface area contributed by atoms with E-state index in [2.05, 4.69) is 27.9 Å². The maximum Gasteiger partial charge on any atom is 0.271 e. The molecule has 1 heterocycles. The molecule has 1 atom stereocenters. The number of para-hydroxylation sites is 1. The first-order chi connectivity index (χ1) is 15.1. The summed E-state index contributed by atoms with van der Waals surface area (Å²) in [7, 11) is 1.59. The number of rotatable bonds is 5. The molecule has 0 spiro atoms. The van der Waals surface area contributed by atoms with Gasteiger partial charge < -0.3 is 10.6 Å². The Kier molecular flexibility index (Phi) is 5.80. The monoisotopic (exact) mass is 412 g/mol. The minimum atomic E-state index is -0.241. The molecule has 31 heavy (non-hydrogen) atoms. The minimum Gasteiger partial charge on any atom is -0.355 e. The molecule has 0 radical (unpaired) electrons. The first kappa shape index (κ1) is 20.3. The number of hydrogen-bond acceptors (Lipinski definition) is 4. The first-order valence-corrected chi connectivity index (χ1v) is 10.2. The van der Waals surface area contributed by atoms with E-state index in [1.165, 1.54) is 0 Å². The Morgan fingerprint density at radius 1 is 0.935 bits per heavy atom. The van der Waals surface area contributed by atoms with E-state index < -0.39 is 0 Å². The number of benzene rings is 3. The predicted molar refractivity (Wildman–Crippen MR) is 123 cm³/mol. The van der Waals surface area contributed by atoms with Crippen LogP contribution in [0.5, 0.6) is 0 Å². The number of nitrogens with zero attached hydrogens (tertiary/aromatic N) is 2. The minimum absolute atomic E-state index is 0.0546. The molecule has 4 rings (SSSR count). The third-order valence-electron chi connectivity index (χ3n) is 5.34. The number of anilines is 2. The molecule has 0 aliphatic carbocycles. The highest BCUT2D eigenvalue weighted by Crippen LogP contribution is 2.35. The molecule has 1 aliphatic rings. The Morgan fingerprint density at radius 2 is 1.61 bits per heavy atom. The second-order valence-corrected chi connectivity index (χ2v) is 7.42. The molecule has 3 aromatic rings. The molecular weight excluding hydrogens is 388 g/mol. The summed E-state index contributed by atoms with van der Waals surface area (Å²) in [5.41, 5.74) is 4.53. The van der Waals surface area contributed by atoms with Gasteiger partial charge in [0.25, 0.3) is 11.8 Å². The van der Waals surface area contributed by atoms with Crippen molar-refractivity contribution in [2.75, 3.05) is 17.4 Å². The van der Waals surface area contributed by atoms with Crippen LogP contribution in [0.2, 0.25) is 0 Å². The number of amides is 2. The molecule has 2 N–H and O–H groups in total. The van der Waals surface area contributed by atoms with Crippen molar-refractivity contribution in [3.8, 4) is 0 Å². The van der Waals surface area contributed by atoms with Crippen molar-refractivity contribution in [2.24, 2.45) is 5.10 Å². The van der Waals surface area contributed by atoms with Crippen molar-refractivity contribution < 1.29 is 9.59 Å². The van der Waals surface area contributed by atoms with Gasteiger partial charge in [0.15, 0.2) is 0 Å².